The molecular formula is C22H20ClN3O4. The summed E-state index contributed by atoms with van der Waals surface area (Å²) >= 11 is 6.23. The summed E-state index contributed by atoms with van der Waals surface area (Å²) in [6, 6.07) is 12.8. The molecule has 2 N–H and O–H groups in total. The predicted molar refractivity (Wildman–Crippen MR) is 114 cm³/mol. The number of amides is 2. The highest BCUT2D eigenvalue weighted by molar-refractivity contribution is 6.30. The third-order valence-corrected chi connectivity index (χ3v) is 5.55. The van der Waals surface area contributed by atoms with E-state index in [0.29, 0.717) is 35.1 Å². The van der Waals surface area contributed by atoms with E-state index >= 15 is 0 Å². The third-order valence-electron chi connectivity index (χ3n) is 5.31. The number of carbonyl (C=O) groups excluding carboxylic acids is 2. The zero-order valence-electron chi connectivity index (χ0n) is 16.3. The van der Waals surface area contributed by atoms with E-state index in [0.717, 1.165) is 10.8 Å². The molecular weight excluding hydrogens is 406 g/mol. The monoisotopic (exact) mass is 425 g/mol. The van der Waals surface area contributed by atoms with Crippen molar-refractivity contribution >= 4 is 40.1 Å². The van der Waals surface area contributed by atoms with Crippen LogP contribution < -0.4 is 15.4 Å². The largest absolute Gasteiger partial charge is 0.493 e. The lowest BCUT2D eigenvalue weighted by atomic mass is 9.74. The van der Waals surface area contributed by atoms with Gasteiger partial charge in [0.25, 0.3) is 0 Å². The van der Waals surface area contributed by atoms with Gasteiger partial charge in [-0.1, -0.05) is 35.9 Å². The Hall–Kier alpha value is -3.32. The van der Waals surface area contributed by atoms with Gasteiger partial charge < -0.3 is 20.1 Å². The Morgan fingerprint density at radius 1 is 1.23 bits per heavy atom. The van der Waals surface area contributed by atoms with Crippen LogP contribution >= 0.6 is 11.6 Å². The fourth-order valence-corrected chi connectivity index (χ4v) is 3.90. The van der Waals surface area contributed by atoms with Crippen LogP contribution in [0.4, 0.5) is 10.5 Å². The summed E-state index contributed by atoms with van der Waals surface area (Å²) < 4.78 is 10.4. The van der Waals surface area contributed by atoms with E-state index in [1.54, 1.807) is 30.6 Å². The number of nitrogens with one attached hydrogen (secondary N) is 2. The highest BCUT2D eigenvalue weighted by atomic mass is 35.5. The molecule has 1 unspecified atom stereocenters. The molecule has 0 saturated carbocycles. The number of benzene rings is 2. The van der Waals surface area contributed by atoms with Gasteiger partial charge in [-0.15, -0.1) is 0 Å². The second-order valence-corrected chi connectivity index (χ2v) is 7.46. The van der Waals surface area contributed by atoms with Crippen LogP contribution in [0.15, 0.2) is 54.9 Å². The predicted octanol–water partition coefficient (Wildman–Crippen LogP) is 3.90. The van der Waals surface area contributed by atoms with Crippen molar-refractivity contribution in [1.82, 2.24) is 10.3 Å². The number of halogens is 1. The Kier molecular flexibility index (Phi) is 5.46. The Morgan fingerprint density at radius 3 is 2.90 bits per heavy atom. The molecule has 1 aromatic heterocycles. The minimum absolute atomic E-state index is 0.0282. The van der Waals surface area contributed by atoms with Gasteiger partial charge in [-0.3, -0.25) is 9.78 Å². The maximum atomic E-state index is 13.7. The first kappa shape index (κ1) is 20.0. The van der Waals surface area contributed by atoms with Crippen LogP contribution in [0.2, 0.25) is 5.02 Å². The van der Waals surface area contributed by atoms with Gasteiger partial charge in [-0.2, -0.15) is 0 Å². The summed E-state index contributed by atoms with van der Waals surface area (Å²) in [4.78, 5) is 29.7. The molecule has 1 aliphatic rings. The number of anilines is 1. The van der Waals surface area contributed by atoms with Crippen LogP contribution in [-0.4, -0.2) is 37.2 Å². The number of carbonyl (C=O) groups is 2. The molecule has 154 valence electrons. The quantitative estimate of drug-likeness (QED) is 0.661. The van der Waals surface area contributed by atoms with Crippen molar-refractivity contribution in [3.8, 4) is 5.75 Å². The van der Waals surface area contributed by atoms with Crippen molar-refractivity contribution in [2.24, 2.45) is 0 Å². The molecule has 1 atom stereocenters. The number of ether oxygens (including phenoxy) is 2. The summed E-state index contributed by atoms with van der Waals surface area (Å²) in [6.07, 6.45) is 3.08. The highest BCUT2D eigenvalue weighted by Gasteiger charge is 2.45. The number of pyridine rings is 1. The van der Waals surface area contributed by atoms with Gasteiger partial charge in [0.05, 0.1) is 31.0 Å². The van der Waals surface area contributed by atoms with Crippen LogP contribution in [0.1, 0.15) is 12.0 Å². The van der Waals surface area contributed by atoms with Crippen molar-refractivity contribution < 1.29 is 19.1 Å². The highest BCUT2D eigenvalue weighted by Crippen LogP contribution is 2.41. The van der Waals surface area contributed by atoms with Crippen molar-refractivity contribution in [2.45, 2.75) is 11.8 Å². The van der Waals surface area contributed by atoms with Gasteiger partial charge in [0, 0.05) is 40.5 Å². The SMILES string of the molecule is COC(=O)NCC1(C(=O)Nc2cncc3ccccc23)CCOc2ccc(Cl)cc21. The first-order chi connectivity index (χ1) is 14.5. The van der Waals surface area contributed by atoms with E-state index in [9.17, 15) is 9.59 Å². The normalized spacial score (nSPS) is 17.5. The summed E-state index contributed by atoms with van der Waals surface area (Å²) in [6.45, 7) is 0.346. The number of methoxy groups -OCH3 is 1. The molecule has 3 aromatic rings. The molecule has 0 fully saturated rings. The second-order valence-electron chi connectivity index (χ2n) is 7.03. The first-order valence-corrected chi connectivity index (χ1v) is 9.80. The Balaban J connectivity index is 1.76. The lowest BCUT2D eigenvalue weighted by molar-refractivity contribution is -0.122. The maximum absolute atomic E-state index is 13.7. The van der Waals surface area contributed by atoms with E-state index in [4.69, 9.17) is 21.1 Å². The molecule has 7 nitrogen and oxygen atoms in total. The summed E-state index contributed by atoms with van der Waals surface area (Å²) in [7, 11) is 1.28. The molecule has 0 aliphatic carbocycles. The Bertz CT molecular complexity index is 1120. The summed E-state index contributed by atoms with van der Waals surface area (Å²) in [5, 5.41) is 7.93. The average Bonchev–Trinajstić information content (AvgIpc) is 2.77. The second kappa shape index (κ2) is 8.20. The zero-order valence-corrected chi connectivity index (χ0v) is 17.0. The minimum Gasteiger partial charge on any atom is -0.493 e. The molecule has 0 spiro atoms. The van der Waals surface area contributed by atoms with Crippen LogP contribution in [0.3, 0.4) is 0 Å². The fraction of sp³-hybridized carbons (Fsp3) is 0.227. The van der Waals surface area contributed by atoms with E-state index < -0.39 is 11.5 Å². The molecule has 4 rings (SSSR count). The maximum Gasteiger partial charge on any atom is 0.406 e. The van der Waals surface area contributed by atoms with E-state index in [1.807, 2.05) is 24.3 Å². The van der Waals surface area contributed by atoms with Crippen molar-refractivity contribution in [3.63, 3.8) is 0 Å². The smallest absolute Gasteiger partial charge is 0.406 e. The number of hydrogen-bond donors (Lipinski definition) is 2. The number of nitrogens with zero attached hydrogens (tertiary/aromatic N) is 1. The molecule has 2 heterocycles. The van der Waals surface area contributed by atoms with Gasteiger partial charge in [0.1, 0.15) is 5.75 Å². The molecule has 8 heteroatoms. The molecule has 1 aliphatic heterocycles. The van der Waals surface area contributed by atoms with Crippen LogP contribution in [-0.2, 0) is 14.9 Å². The summed E-state index contributed by atoms with van der Waals surface area (Å²) in [5.74, 6) is 0.271. The molecule has 30 heavy (non-hydrogen) atoms. The van der Waals surface area contributed by atoms with Gasteiger partial charge in [0.2, 0.25) is 5.91 Å². The molecule has 0 bridgehead atoms. The number of alkyl carbamates (subject to hydrolysis) is 1. The molecule has 2 amide bonds. The molecule has 2 aromatic carbocycles. The van der Waals surface area contributed by atoms with Gasteiger partial charge in [-0.25, -0.2) is 4.79 Å². The third kappa shape index (κ3) is 3.64. The van der Waals surface area contributed by atoms with Gasteiger partial charge in [-0.05, 0) is 18.2 Å². The summed E-state index contributed by atoms with van der Waals surface area (Å²) in [5.41, 5.74) is 0.109. The zero-order chi connectivity index (χ0) is 21.1. The fourth-order valence-electron chi connectivity index (χ4n) is 3.72. The van der Waals surface area contributed by atoms with E-state index in [2.05, 4.69) is 15.6 Å². The number of aromatic nitrogens is 1. The number of fused-ring (bicyclic) bond motifs is 2. The molecule has 0 radical (unpaired) electrons. The molecule has 0 saturated heterocycles. The Labute approximate surface area is 178 Å². The van der Waals surface area contributed by atoms with Crippen LogP contribution in [0, 0.1) is 0 Å². The standard InChI is InChI=1S/C22H20ClN3O4/c1-29-21(28)25-13-22(8-9-30-19-7-6-15(23)10-17(19)22)20(27)26-18-12-24-11-14-4-2-3-5-16(14)18/h2-7,10-12H,8-9,13H2,1H3,(H,25,28)(H,26,27). The lowest BCUT2D eigenvalue weighted by Crippen LogP contribution is -2.51. The van der Waals surface area contributed by atoms with Crippen molar-refractivity contribution in [3.05, 3.63) is 65.4 Å². The number of rotatable bonds is 4. The van der Waals surface area contributed by atoms with Crippen molar-refractivity contribution in [1.29, 1.82) is 0 Å². The average molecular weight is 426 g/mol. The topological polar surface area (TPSA) is 89.5 Å². The van der Waals surface area contributed by atoms with E-state index in [-0.39, 0.29) is 12.5 Å². The number of hydrogen-bond acceptors (Lipinski definition) is 5. The van der Waals surface area contributed by atoms with Crippen molar-refractivity contribution in [2.75, 3.05) is 25.6 Å². The van der Waals surface area contributed by atoms with E-state index in [1.165, 1.54) is 7.11 Å². The lowest BCUT2D eigenvalue weighted by Gasteiger charge is -2.37. The van der Waals surface area contributed by atoms with Crippen LogP contribution in [0.5, 0.6) is 5.75 Å². The Morgan fingerprint density at radius 2 is 2.07 bits per heavy atom. The first-order valence-electron chi connectivity index (χ1n) is 9.42. The van der Waals surface area contributed by atoms with Gasteiger partial charge >= 0.3 is 6.09 Å². The van der Waals surface area contributed by atoms with Gasteiger partial charge in [0.15, 0.2) is 0 Å². The minimum atomic E-state index is -1.09. The van der Waals surface area contributed by atoms with Crippen LogP contribution in [0.25, 0.3) is 10.8 Å².